The van der Waals surface area contributed by atoms with Crippen LogP contribution in [0.15, 0.2) is 54.6 Å². The molecule has 0 aliphatic heterocycles. The lowest BCUT2D eigenvalue weighted by molar-refractivity contribution is -0.143. The van der Waals surface area contributed by atoms with Crippen molar-refractivity contribution in [3.05, 3.63) is 60.2 Å². The SMILES string of the molecule is CC[C@H](C(=O)NCC(C)C)N(Cc1ccc(OC)cc1)C(=O)COc1ccccc1. The molecule has 0 bridgehead atoms. The van der Waals surface area contributed by atoms with E-state index in [0.29, 0.717) is 31.2 Å². The molecule has 0 aromatic heterocycles. The number of carbonyl (C=O) groups excluding carboxylic acids is 2. The minimum absolute atomic E-state index is 0.131. The zero-order valence-electron chi connectivity index (χ0n) is 18.3. The average Bonchev–Trinajstić information content (AvgIpc) is 2.77. The maximum atomic E-state index is 13.1. The molecule has 0 aliphatic carbocycles. The molecule has 1 atom stereocenters. The number of para-hydroxylation sites is 1. The summed E-state index contributed by atoms with van der Waals surface area (Å²) in [6.07, 6.45) is 0.511. The molecule has 2 aromatic carbocycles. The molecule has 0 unspecified atom stereocenters. The molecular formula is C24H32N2O4. The van der Waals surface area contributed by atoms with Gasteiger partial charge in [-0.15, -0.1) is 0 Å². The molecule has 2 amide bonds. The number of carbonyl (C=O) groups is 2. The van der Waals surface area contributed by atoms with Gasteiger partial charge in [-0.2, -0.15) is 0 Å². The molecule has 0 saturated carbocycles. The van der Waals surface area contributed by atoms with Gasteiger partial charge in [0.25, 0.3) is 5.91 Å². The van der Waals surface area contributed by atoms with Crippen LogP contribution in [0.2, 0.25) is 0 Å². The highest BCUT2D eigenvalue weighted by molar-refractivity contribution is 5.88. The Bertz CT molecular complexity index is 791. The number of ether oxygens (including phenoxy) is 2. The van der Waals surface area contributed by atoms with Gasteiger partial charge in [-0.3, -0.25) is 9.59 Å². The van der Waals surface area contributed by atoms with Crippen LogP contribution in [0.4, 0.5) is 0 Å². The van der Waals surface area contributed by atoms with E-state index in [9.17, 15) is 9.59 Å². The van der Waals surface area contributed by atoms with Crippen molar-refractivity contribution in [2.24, 2.45) is 5.92 Å². The number of nitrogens with zero attached hydrogens (tertiary/aromatic N) is 1. The van der Waals surface area contributed by atoms with Crippen molar-refractivity contribution in [3.63, 3.8) is 0 Å². The highest BCUT2D eigenvalue weighted by Crippen LogP contribution is 2.17. The van der Waals surface area contributed by atoms with E-state index >= 15 is 0 Å². The molecule has 30 heavy (non-hydrogen) atoms. The Labute approximate surface area is 179 Å². The Balaban J connectivity index is 2.17. The van der Waals surface area contributed by atoms with E-state index in [-0.39, 0.29) is 18.4 Å². The van der Waals surface area contributed by atoms with Crippen molar-refractivity contribution in [3.8, 4) is 11.5 Å². The van der Waals surface area contributed by atoms with Crippen LogP contribution in [0.3, 0.4) is 0 Å². The maximum Gasteiger partial charge on any atom is 0.261 e. The summed E-state index contributed by atoms with van der Waals surface area (Å²) in [7, 11) is 1.61. The first-order valence-corrected chi connectivity index (χ1v) is 10.3. The van der Waals surface area contributed by atoms with Gasteiger partial charge in [0.15, 0.2) is 6.61 Å². The van der Waals surface area contributed by atoms with Crippen LogP contribution in [-0.2, 0) is 16.1 Å². The van der Waals surface area contributed by atoms with Gasteiger partial charge in [0.1, 0.15) is 17.5 Å². The fourth-order valence-corrected chi connectivity index (χ4v) is 3.01. The first kappa shape index (κ1) is 23.3. The molecule has 0 aliphatic rings. The summed E-state index contributed by atoms with van der Waals surface area (Å²) < 4.78 is 10.9. The number of nitrogens with one attached hydrogen (secondary N) is 1. The predicted molar refractivity (Wildman–Crippen MR) is 117 cm³/mol. The smallest absolute Gasteiger partial charge is 0.261 e. The van der Waals surface area contributed by atoms with Gasteiger partial charge in [-0.05, 0) is 42.2 Å². The van der Waals surface area contributed by atoms with E-state index in [1.54, 1.807) is 24.1 Å². The number of amides is 2. The third-order valence-electron chi connectivity index (χ3n) is 4.69. The van der Waals surface area contributed by atoms with E-state index in [1.807, 2.05) is 63.2 Å². The second-order valence-corrected chi connectivity index (χ2v) is 7.53. The molecule has 162 valence electrons. The number of hydrogen-bond acceptors (Lipinski definition) is 4. The summed E-state index contributed by atoms with van der Waals surface area (Å²) in [5.41, 5.74) is 0.916. The predicted octanol–water partition coefficient (Wildman–Crippen LogP) is 3.65. The topological polar surface area (TPSA) is 67.9 Å². The summed E-state index contributed by atoms with van der Waals surface area (Å²) in [5, 5.41) is 2.95. The highest BCUT2D eigenvalue weighted by atomic mass is 16.5. The summed E-state index contributed by atoms with van der Waals surface area (Å²) >= 11 is 0. The van der Waals surface area contributed by atoms with Gasteiger partial charge < -0.3 is 19.7 Å². The lowest BCUT2D eigenvalue weighted by Gasteiger charge is -2.30. The van der Waals surface area contributed by atoms with Gasteiger partial charge in [-0.1, -0.05) is 51.1 Å². The normalized spacial score (nSPS) is 11.6. The monoisotopic (exact) mass is 412 g/mol. The average molecular weight is 413 g/mol. The standard InChI is InChI=1S/C24H32N2O4/c1-5-22(24(28)25-15-18(2)3)26(16-19-11-13-20(29-4)14-12-19)23(27)17-30-21-9-7-6-8-10-21/h6-14,18,22H,5,15-17H2,1-4H3,(H,25,28)/t22-/m1/s1. The molecule has 6 heteroatoms. The van der Waals surface area contributed by atoms with Crippen molar-refractivity contribution < 1.29 is 19.1 Å². The Morgan fingerprint density at radius 3 is 2.23 bits per heavy atom. The highest BCUT2D eigenvalue weighted by Gasteiger charge is 2.29. The van der Waals surface area contributed by atoms with E-state index < -0.39 is 6.04 Å². The quantitative estimate of drug-likeness (QED) is 0.612. The molecule has 0 fully saturated rings. The number of methoxy groups -OCH3 is 1. The summed E-state index contributed by atoms with van der Waals surface area (Å²) in [4.78, 5) is 27.5. The maximum absolute atomic E-state index is 13.1. The molecule has 2 rings (SSSR count). The number of benzene rings is 2. The third kappa shape index (κ3) is 7.10. The first-order valence-electron chi connectivity index (χ1n) is 10.3. The molecule has 1 N–H and O–H groups in total. The van der Waals surface area contributed by atoms with E-state index in [2.05, 4.69) is 5.32 Å². The van der Waals surface area contributed by atoms with Gasteiger partial charge in [0.05, 0.1) is 7.11 Å². The molecule has 2 aromatic rings. The molecule has 0 heterocycles. The second kappa shape index (κ2) is 11.9. The van der Waals surface area contributed by atoms with Crippen LogP contribution in [0.25, 0.3) is 0 Å². The van der Waals surface area contributed by atoms with Gasteiger partial charge in [-0.25, -0.2) is 0 Å². The lowest BCUT2D eigenvalue weighted by Crippen LogP contribution is -2.50. The van der Waals surface area contributed by atoms with Crippen molar-refractivity contribution in [2.75, 3.05) is 20.3 Å². The Morgan fingerprint density at radius 2 is 1.67 bits per heavy atom. The molecule has 0 spiro atoms. The van der Waals surface area contributed by atoms with E-state index in [4.69, 9.17) is 9.47 Å². The van der Waals surface area contributed by atoms with E-state index in [0.717, 1.165) is 11.3 Å². The molecule has 6 nitrogen and oxygen atoms in total. The van der Waals surface area contributed by atoms with Gasteiger partial charge >= 0.3 is 0 Å². The van der Waals surface area contributed by atoms with Crippen LogP contribution < -0.4 is 14.8 Å². The number of hydrogen-bond donors (Lipinski definition) is 1. The van der Waals surface area contributed by atoms with Gasteiger partial charge in [0, 0.05) is 13.1 Å². The van der Waals surface area contributed by atoms with Crippen LogP contribution in [0.5, 0.6) is 11.5 Å². The third-order valence-corrected chi connectivity index (χ3v) is 4.69. The summed E-state index contributed by atoms with van der Waals surface area (Å²) in [5.74, 6) is 1.31. The molecular weight excluding hydrogens is 380 g/mol. The van der Waals surface area contributed by atoms with Crippen molar-refractivity contribution >= 4 is 11.8 Å². The second-order valence-electron chi connectivity index (χ2n) is 7.53. The first-order chi connectivity index (χ1) is 14.4. The van der Waals surface area contributed by atoms with Crippen LogP contribution in [0, 0.1) is 5.92 Å². The zero-order valence-corrected chi connectivity index (χ0v) is 18.3. The minimum atomic E-state index is -0.572. The zero-order chi connectivity index (χ0) is 21.9. The Hall–Kier alpha value is -3.02. The fourth-order valence-electron chi connectivity index (χ4n) is 3.01. The largest absolute Gasteiger partial charge is 0.497 e. The number of rotatable bonds is 11. The Kier molecular flexibility index (Phi) is 9.19. The van der Waals surface area contributed by atoms with Gasteiger partial charge in [0.2, 0.25) is 5.91 Å². The lowest BCUT2D eigenvalue weighted by atomic mass is 10.1. The van der Waals surface area contributed by atoms with Crippen molar-refractivity contribution in [2.45, 2.75) is 39.8 Å². The summed E-state index contributed by atoms with van der Waals surface area (Å²) in [6.45, 7) is 6.74. The van der Waals surface area contributed by atoms with E-state index in [1.165, 1.54) is 0 Å². The summed E-state index contributed by atoms with van der Waals surface area (Å²) in [6, 6.07) is 16.1. The van der Waals surface area contributed by atoms with Crippen molar-refractivity contribution in [1.29, 1.82) is 0 Å². The minimum Gasteiger partial charge on any atom is -0.497 e. The molecule has 0 radical (unpaired) electrons. The Morgan fingerprint density at radius 1 is 1.00 bits per heavy atom. The fraction of sp³-hybridized carbons (Fsp3) is 0.417. The van der Waals surface area contributed by atoms with Crippen LogP contribution >= 0.6 is 0 Å². The molecule has 0 saturated heterocycles. The van der Waals surface area contributed by atoms with Crippen LogP contribution in [0.1, 0.15) is 32.8 Å². The van der Waals surface area contributed by atoms with Crippen LogP contribution in [-0.4, -0.2) is 43.0 Å². The van der Waals surface area contributed by atoms with Crippen molar-refractivity contribution in [1.82, 2.24) is 10.2 Å².